The van der Waals surface area contributed by atoms with Crippen molar-refractivity contribution in [1.82, 2.24) is 20.3 Å². The standard InChI is InChI=1S/C25H30N2O5S.C19H20N2O3S.C7H13IO2/c1-3-5-6-7-23(28)32-27-24(29)22(33-25(27)30)16-19-9-12-21(13-10-19)31-15-14-20-11-8-18(4-2)17-26-20;1-2-13-3-6-15(20-12-13)9-10-24-16-7-4-14(5-8-16)11-17-18(22)21-19(23)25-17;1-2-3-4-5-7(9)10-6-8/h8-13,17,22H,3-7,14-16H2,1-2H3;3-8,12,17H,2,9-11H2,1H3,(H,21,22,23);2-6H2,1H3. The number of aromatic nitrogens is 2. The van der Waals surface area contributed by atoms with Crippen molar-refractivity contribution in [2.24, 2.45) is 0 Å². The van der Waals surface area contributed by atoms with Crippen LogP contribution in [-0.4, -0.2) is 77.6 Å². The average molecular weight is 1080 g/mol. The Hall–Kier alpha value is -5.01. The summed E-state index contributed by atoms with van der Waals surface area (Å²) in [4.78, 5) is 83.9. The number of thioether (sulfide) groups is 2. The number of carbonyl (C=O) groups excluding carboxylic acids is 6. The molecule has 2 aliphatic rings. The van der Waals surface area contributed by atoms with Gasteiger partial charge < -0.3 is 19.0 Å². The monoisotopic (exact) mass is 1080 g/mol. The maximum absolute atomic E-state index is 12.5. The summed E-state index contributed by atoms with van der Waals surface area (Å²) >= 11 is 3.96. The molecule has 2 atom stereocenters. The predicted octanol–water partition coefficient (Wildman–Crippen LogP) is 10.6. The van der Waals surface area contributed by atoms with Gasteiger partial charge in [0.25, 0.3) is 11.1 Å². The first-order chi connectivity index (χ1) is 32.9. The molecule has 2 saturated heterocycles. The number of amides is 4. The van der Waals surface area contributed by atoms with Crippen LogP contribution in [0.25, 0.3) is 0 Å². The lowest BCUT2D eigenvalue weighted by Gasteiger charge is -2.13. The fourth-order valence-electron chi connectivity index (χ4n) is 6.54. The zero-order chi connectivity index (χ0) is 49.1. The fraction of sp³-hybridized carbons (Fsp3) is 0.451. The molecule has 68 heavy (non-hydrogen) atoms. The zero-order valence-electron chi connectivity index (χ0n) is 39.4. The molecule has 4 heterocycles. The molecule has 0 bridgehead atoms. The van der Waals surface area contributed by atoms with Crippen molar-refractivity contribution in [3.63, 3.8) is 0 Å². The lowest BCUT2D eigenvalue weighted by Crippen LogP contribution is -2.34. The van der Waals surface area contributed by atoms with Crippen molar-refractivity contribution in [3.05, 3.63) is 119 Å². The normalized spacial score (nSPS) is 15.2. The first-order valence-corrected chi connectivity index (χ1v) is 26.5. The van der Waals surface area contributed by atoms with Gasteiger partial charge in [-0.2, -0.15) is 0 Å². The number of nitrogens with zero attached hydrogens (tertiary/aromatic N) is 3. The number of nitrogens with one attached hydrogen (secondary N) is 1. The highest BCUT2D eigenvalue weighted by atomic mass is 127. The molecule has 2 aliphatic heterocycles. The van der Waals surface area contributed by atoms with E-state index in [1.54, 1.807) is 0 Å². The third-order valence-electron chi connectivity index (χ3n) is 10.6. The maximum Gasteiger partial charge on any atom is 0.333 e. The number of ether oxygens (including phenoxy) is 3. The van der Waals surface area contributed by atoms with Gasteiger partial charge in [-0.3, -0.25) is 39.3 Å². The van der Waals surface area contributed by atoms with Gasteiger partial charge in [-0.1, -0.05) is 107 Å². The molecular weight excluding hydrogens is 1020 g/mol. The Morgan fingerprint density at radius 1 is 0.632 bits per heavy atom. The number of rotatable bonds is 24. The highest BCUT2D eigenvalue weighted by molar-refractivity contribution is 14.1. The second-order valence-electron chi connectivity index (χ2n) is 15.8. The molecule has 0 spiro atoms. The summed E-state index contributed by atoms with van der Waals surface area (Å²) in [6.45, 7) is 9.43. The van der Waals surface area contributed by atoms with Crippen molar-refractivity contribution in [1.29, 1.82) is 0 Å². The maximum atomic E-state index is 12.5. The highest BCUT2D eigenvalue weighted by Gasteiger charge is 2.42. The number of halogens is 1. The minimum Gasteiger partial charge on any atom is -0.493 e. The van der Waals surface area contributed by atoms with Crippen molar-refractivity contribution in [2.75, 3.05) is 17.8 Å². The van der Waals surface area contributed by atoms with Crippen LogP contribution in [0, 0.1) is 0 Å². The van der Waals surface area contributed by atoms with Crippen LogP contribution in [0.3, 0.4) is 0 Å². The Labute approximate surface area is 422 Å². The van der Waals surface area contributed by atoms with Crippen molar-refractivity contribution >= 4 is 80.3 Å². The van der Waals surface area contributed by atoms with Gasteiger partial charge in [-0.25, -0.2) is 4.79 Å². The Balaban J connectivity index is 0.000000253. The van der Waals surface area contributed by atoms with Crippen LogP contribution in [0.15, 0.2) is 85.2 Å². The average Bonchev–Trinajstić information content (AvgIpc) is 3.80. The molecule has 2 aromatic carbocycles. The molecule has 0 radical (unpaired) electrons. The van der Waals surface area contributed by atoms with Crippen LogP contribution in [0.4, 0.5) is 9.59 Å². The summed E-state index contributed by atoms with van der Waals surface area (Å²) in [5, 5.41) is 1.16. The summed E-state index contributed by atoms with van der Waals surface area (Å²) in [5.41, 5.74) is 6.35. The van der Waals surface area contributed by atoms with E-state index in [2.05, 4.69) is 48.2 Å². The van der Waals surface area contributed by atoms with Crippen molar-refractivity contribution in [2.45, 2.75) is 128 Å². The molecule has 2 fully saturated rings. The van der Waals surface area contributed by atoms with Gasteiger partial charge >= 0.3 is 17.2 Å². The summed E-state index contributed by atoms with van der Waals surface area (Å²) in [6, 6.07) is 23.3. The summed E-state index contributed by atoms with van der Waals surface area (Å²) in [7, 11) is 0. The Kier molecular flexibility index (Phi) is 25.5. The highest BCUT2D eigenvalue weighted by Crippen LogP contribution is 2.31. The number of hydrogen-bond donors (Lipinski definition) is 1. The predicted molar refractivity (Wildman–Crippen MR) is 274 cm³/mol. The quantitative estimate of drug-likeness (QED) is 0.0303. The number of carbonyl (C=O) groups is 6. The lowest BCUT2D eigenvalue weighted by atomic mass is 10.1. The van der Waals surface area contributed by atoms with Crippen molar-refractivity contribution in [3.8, 4) is 11.5 Å². The Morgan fingerprint density at radius 2 is 1.12 bits per heavy atom. The fourth-order valence-corrected chi connectivity index (χ4v) is 8.69. The van der Waals surface area contributed by atoms with Crippen LogP contribution < -0.4 is 14.8 Å². The molecule has 0 saturated carbocycles. The summed E-state index contributed by atoms with van der Waals surface area (Å²) in [6.07, 6.45) is 14.7. The van der Waals surface area contributed by atoms with E-state index in [4.69, 9.17) is 19.0 Å². The number of hydroxylamine groups is 2. The Morgan fingerprint density at radius 3 is 1.54 bits per heavy atom. The second kappa shape index (κ2) is 31.2. The molecule has 2 unspecified atom stereocenters. The lowest BCUT2D eigenvalue weighted by molar-refractivity contribution is -0.183. The number of aryl methyl sites for hydroxylation is 2. The third kappa shape index (κ3) is 20.3. The second-order valence-corrected chi connectivity index (χ2v) is 18.8. The van der Waals surface area contributed by atoms with E-state index in [1.165, 1.54) is 11.1 Å². The van der Waals surface area contributed by atoms with Gasteiger partial charge in [-0.15, -0.1) is 0 Å². The minimum atomic E-state index is -0.607. The van der Waals surface area contributed by atoms with E-state index < -0.39 is 22.4 Å². The van der Waals surface area contributed by atoms with Crippen molar-refractivity contribution < 1.29 is 47.8 Å². The first-order valence-electron chi connectivity index (χ1n) is 23.2. The van der Waals surface area contributed by atoms with Crippen LogP contribution >= 0.6 is 46.1 Å². The van der Waals surface area contributed by atoms with E-state index in [0.29, 0.717) is 55.0 Å². The molecule has 4 aromatic rings. The molecule has 17 heteroatoms. The molecule has 1 N–H and O–H groups in total. The summed E-state index contributed by atoms with van der Waals surface area (Å²) in [5.74, 6) is 0.196. The number of esters is 1. The van der Waals surface area contributed by atoms with E-state index in [9.17, 15) is 28.8 Å². The summed E-state index contributed by atoms with van der Waals surface area (Å²) < 4.78 is 16.8. The largest absolute Gasteiger partial charge is 0.493 e. The molecule has 366 valence electrons. The Bertz CT molecular complexity index is 2200. The number of alkyl halides is 1. The van der Waals surface area contributed by atoms with Crippen LogP contribution in [-0.2, 0) is 67.3 Å². The van der Waals surface area contributed by atoms with Crippen LogP contribution in [0.5, 0.6) is 11.5 Å². The SMILES string of the molecule is CCCCCC(=O)OCI.CCCCCC(=O)ON1C(=O)SC(Cc2ccc(OCCc3ccc(CC)cn3)cc2)C1=O.CCc1ccc(CCOc2ccc(CC3SC(=O)NC3=O)cc2)nc1. The number of hydrogen-bond acceptors (Lipinski definition) is 14. The van der Waals surface area contributed by atoms with Gasteiger partial charge in [0, 0.05) is 49.5 Å². The molecule has 6 rings (SSSR count). The van der Waals surface area contributed by atoms with Gasteiger partial charge in [0.1, 0.15) is 21.4 Å². The first kappa shape index (κ1) is 55.6. The van der Waals surface area contributed by atoms with Gasteiger partial charge in [0.05, 0.1) is 18.5 Å². The number of pyridine rings is 2. The van der Waals surface area contributed by atoms with E-state index in [-0.39, 0.29) is 28.8 Å². The zero-order valence-corrected chi connectivity index (χ0v) is 43.2. The number of benzene rings is 2. The van der Waals surface area contributed by atoms with Gasteiger partial charge in [0.15, 0.2) is 0 Å². The minimum absolute atomic E-state index is 0.0668. The van der Waals surface area contributed by atoms with E-state index in [0.717, 1.165) is 109 Å². The third-order valence-corrected chi connectivity index (χ3v) is 12.9. The van der Waals surface area contributed by atoms with Gasteiger partial charge in [-0.05, 0) is 132 Å². The molecule has 2 aromatic heterocycles. The van der Waals surface area contributed by atoms with Gasteiger partial charge in [0.2, 0.25) is 5.91 Å². The molecule has 0 aliphatic carbocycles. The van der Waals surface area contributed by atoms with Crippen LogP contribution in [0.1, 0.15) is 113 Å². The van der Waals surface area contributed by atoms with E-state index in [1.807, 2.05) is 103 Å². The number of unbranched alkanes of at least 4 members (excludes halogenated alkanes) is 4. The van der Waals surface area contributed by atoms with E-state index >= 15 is 0 Å². The smallest absolute Gasteiger partial charge is 0.333 e. The molecular formula is C51H63IN4O10S2. The molecule has 14 nitrogen and oxygen atoms in total. The number of imide groups is 2. The topological polar surface area (TPSA) is 180 Å². The van der Waals surface area contributed by atoms with Crippen LogP contribution in [0.2, 0.25) is 0 Å². The molecule has 4 amide bonds.